The lowest BCUT2D eigenvalue weighted by atomic mass is 10.1. The zero-order valence-electron chi connectivity index (χ0n) is 13.7. The second-order valence-corrected chi connectivity index (χ2v) is 7.90. The maximum Gasteiger partial charge on any atom is 0.261 e. The SMILES string of the molecule is O=C(CCNC(=O)c1cccs1)Nc1ncc(Cc2ccccc2Cl)s1. The highest BCUT2D eigenvalue weighted by molar-refractivity contribution is 7.15. The number of hydrogen-bond donors (Lipinski definition) is 2. The minimum absolute atomic E-state index is 0.163. The first-order valence-electron chi connectivity index (χ1n) is 7.91. The Bertz CT molecular complexity index is 893. The van der Waals surface area contributed by atoms with Gasteiger partial charge in [0, 0.05) is 35.5 Å². The molecule has 134 valence electrons. The number of rotatable bonds is 7. The zero-order chi connectivity index (χ0) is 18.4. The highest BCUT2D eigenvalue weighted by atomic mass is 35.5. The van der Waals surface area contributed by atoms with Gasteiger partial charge in [0.05, 0.1) is 4.88 Å². The van der Waals surface area contributed by atoms with Crippen molar-refractivity contribution in [2.45, 2.75) is 12.8 Å². The van der Waals surface area contributed by atoms with Crippen LogP contribution in [0, 0.1) is 0 Å². The average molecular weight is 406 g/mol. The van der Waals surface area contributed by atoms with Gasteiger partial charge < -0.3 is 10.6 Å². The smallest absolute Gasteiger partial charge is 0.261 e. The van der Waals surface area contributed by atoms with E-state index >= 15 is 0 Å². The van der Waals surface area contributed by atoms with E-state index < -0.39 is 0 Å². The maximum absolute atomic E-state index is 12.0. The molecule has 0 bridgehead atoms. The second kappa shape index (κ2) is 8.93. The van der Waals surface area contributed by atoms with Gasteiger partial charge in [0.2, 0.25) is 5.91 Å². The van der Waals surface area contributed by atoms with E-state index in [0.717, 1.165) is 10.4 Å². The normalized spacial score (nSPS) is 10.5. The Labute approximate surface area is 164 Å². The first kappa shape index (κ1) is 18.6. The van der Waals surface area contributed by atoms with Gasteiger partial charge in [-0.2, -0.15) is 0 Å². The number of carbonyl (C=O) groups is 2. The quantitative estimate of drug-likeness (QED) is 0.618. The van der Waals surface area contributed by atoms with Gasteiger partial charge in [0.15, 0.2) is 5.13 Å². The zero-order valence-corrected chi connectivity index (χ0v) is 16.1. The summed E-state index contributed by atoms with van der Waals surface area (Å²) in [6.07, 6.45) is 2.60. The number of amides is 2. The van der Waals surface area contributed by atoms with Crippen LogP contribution in [0.4, 0.5) is 5.13 Å². The summed E-state index contributed by atoms with van der Waals surface area (Å²) in [7, 11) is 0. The van der Waals surface area contributed by atoms with Crippen molar-refractivity contribution in [1.29, 1.82) is 0 Å². The van der Waals surface area contributed by atoms with Crippen LogP contribution in [0.25, 0.3) is 0 Å². The Morgan fingerprint density at radius 3 is 2.77 bits per heavy atom. The lowest BCUT2D eigenvalue weighted by Crippen LogP contribution is -2.27. The lowest BCUT2D eigenvalue weighted by Gasteiger charge is -2.04. The van der Waals surface area contributed by atoms with E-state index in [9.17, 15) is 9.59 Å². The lowest BCUT2D eigenvalue weighted by molar-refractivity contribution is -0.116. The number of carbonyl (C=O) groups excluding carboxylic acids is 2. The van der Waals surface area contributed by atoms with Crippen LogP contribution >= 0.6 is 34.3 Å². The molecule has 5 nitrogen and oxygen atoms in total. The molecule has 0 unspecified atom stereocenters. The van der Waals surface area contributed by atoms with Gasteiger partial charge in [-0.25, -0.2) is 4.98 Å². The van der Waals surface area contributed by atoms with Crippen molar-refractivity contribution >= 4 is 51.2 Å². The molecular formula is C18H16ClN3O2S2. The molecule has 2 amide bonds. The predicted molar refractivity (Wildman–Crippen MR) is 106 cm³/mol. The van der Waals surface area contributed by atoms with Crippen LogP contribution in [0.15, 0.2) is 48.0 Å². The van der Waals surface area contributed by atoms with Crippen molar-refractivity contribution in [2.24, 2.45) is 0 Å². The Morgan fingerprint density at radius 2 is 2.00 bits per heavy atom. The number of thiophene rings is 1. The van der Waals surface area contributed by atoms with Crippen LogP contribution in [0.2, 0.25) is 5.02 Å². The largest absolute Gasteiger partial charge is 0.351 e. The number of benzene rings is 1. The van der Waals surface area contributed by atoms with E-state index in [4.69, 9.17) is 11.6 Å². The molecule has 0 saturated heterocycles. The van der Waals surface area contributed by atoms with Crippen LogP contribution in [-0.2, 0) is 11.2 Å². The molecule has 3 aromatic rings. The van der Waals surface area contributed by atoms with E-state index in [2.05, 4.69) is 15.6 Å². The minimum atomic E-state index is -0.185. The standard InChI is InChI=1S/C18H16ClN3O2S2/c19-14-5-2-1-4-12(14)10-13-11-21-18(26-13)22-16(23)7-8-20-17(24)15-6-3-9-25-15/h1-6,9,11H,7-8,10H2,(H,20,24)(H,21,22,23). The number of aromatic nitrogens is 1. The van der Waals surface area contributed by atoms with E-state index in [1.54, 1.807) is 12.3 Å². The fourth-order valence-corrected chi connectivity index (χ4v) is 3.94. The van der Waals surface area contributed by atoms with Crippen molar-refractivity contribution in [3.63, 3.8) is 0 Å². The maximum atomic E-state index is 12.0. The van der Waals surface area contributed by atoms with Crippen LogP contribution in [0.3, 0.4) is 0 Å². The molecule has 0 aliphatic rings. The molecular weight excluding hydrogens is 390 g/mol. The molecule has 26 heavy (non-hydrogen) atoms. The van der Waals surface area contributed by atoms with E-state index in [0.29, 0.717) is 21.5 Å². The summed E-state index contributed by atoms with van der Waals surface area (Å²) in [5.74, 6) is -0.348. The van der Waals surface area contributed by atoms with Gasteiger partial charge in [0.1, 0.15) is 0 Å². The van der Waals surface area contributed by atoms with Crippen LogP contribution in [0.5, 0.6) is 0 Å². The highest BCUT2D eigenvalue weighted by Gasteiger charge is 2.10. The fourth-order valence-electron chi connectivity index (χ4n) is 2.24. The summed E-state index contributed by atoms with van der Waals surface area (Å²) >= 11 is 8.95. The summed E-state index contributed by atoms with van der Waals surface area (Å²) < 4.78 is 0. The van der Waals surface area contributed by atoms with Crippen molar-refractivity contribution in [3.8, 4) is 0 Å². The highest BCUT2D eigenvalue weighted by Crippen LogP contribution is 2.24. The molecule has 0 atom stereocenters. The van der Waals surface area contributed by atoms with Crippen molar-refractivity contribution < 1.29 is 9.59 Å². The molecule has 0 saturated carbocycles. The van der Waals surface area contributed by atoms with Gasteiger partial charge >= 0.3 is 0 Å². The number of anilines is 1. The Balaban J connectivity index is 1.45. The van der Waals surface area contributed by atoms with Gasteiger partial charge in [0.25, 0.3) is 5.91 Å². The molecule has 0 fully saturated rings. The molecule has 0 spiro atoms. The number of nitrogens with one attached hydrogen (secondary N) is 2. The van der Waals surface area contributed by atoms with Gasteiger partial charge in [-0.3, -0.25) is 9.59 Å². The number of thiazole rings is 1. The van der Waals surface area contributed by atoms with Crippen LogP contribution in [0.1, 0.15) is 26.5 Å². The summed E-state index contributed by atoms with van der Waals surface area (Å²) in [4.78, 5) is 29.7. The third-order valence-electron chi connectivity index (χ3n) is 3.51. The summed E-state index contributed by atoms with van der Waals surface area (Å²) in [6, 6.07) is 11.2. The van der Waals surface area contributed by atoms with Crippen molar-refractivity contribution in [2.75, 3.05) is 11.9 Å². The molecule has 2 heterocycles. The van der Waals surface area contributed by atoms with Gasteiger partial charge in [-0.05, 0) is 23.1 Å². The van der Waals surface area contributed by atoms with Crippen molar-refractivity contribution in [1.82, 2.24) is 10.3 Å². The second-order valence-electron chi connectivity index (χ2n) is 5.43. The topological polar surface area (TPSA) is 71.1 Å². The third kappa shape index (κ3) is 5.14. The Hall–Kier alpha value is -2.22. The summed E-state index contributed by atoms with van der Waals surface area (Å²) in [6.45, 7) is 0.278. The van der Waals surface area contributed by atoms with E-state index in [1.165, 1.54) is 22.7 Å². The summed E-state index contributed by atoms with van der Waals surface area (Å²) in [5.41, 5.74) is 1.02. The molecule has 1 aromatic carbocycles. The Kier molecular flexibility index (Phi) is 6.38. The average Bonchev–Trinajstić information content (AvgIpc) is 3.29. The van der Waals surface area contributed by atoms with E-state index in [-0.39, 0.29) is 24.8 Å². The molecule has 2 N–H and O–H groups in total. The molecule has 0 aliphatic heterocycles. The monoisotopic (exact) mass is 405 g/mol. The van der Waals surface area contributed by atoms with Crippen molar-refractivity contribution in [3.05, 3.63) is 68.3 Å². The molecule has 0 radical (unpaired) electrons. The Morgan fingerprint density at radius 1 is 1.15 bits per heavy atom. The fraction of sp³-hybridized carbons (Fsp3) is 0.167. The van der Waals surface area contributed by atoms with Crippen LogP contribution < -0.4 is 10.6 Å². The first-order chi connectivity index (χ1) is 12.6. The summed E-state index contributed by atoms with van der Waals surface area (Å²) in [5, 5.41) is 8.58. The van der Waals surface area contributed by atoms with Gasteiger partial charge in [-0.1, -0.05) is 35.9 Å². The molecule has 0 aliphatic carbocycles. The van der Waals surface area contributed by atoms with Crippen LogP contribution in [-0.4, -0.2) is 23.3 Å². The first-order valence-corrected chi connectivity index (χ1v) is 9.99. The molecule has 8 heteroatoms. The third-order valence-corrected chi connectivity index (χ3v) is 5.66. The number of nitrogens with zero attached hydrogens (tertiary/aromatic N) is 1. The number of halogens is 1. The molecule has 2 aromatic heterocycles. The molecule has 3 rings (SSSR count). The predicted octanol–water partition coefficient (Wildman–Crippen LogP) is 4.21. The van der Waals surface area contributed by atoms with Gasteiger partial charge in [-0.15, -0.1) is 22.7 Å². The number of hydrogen-bond acceptors (Lipinski definition) is 5. The minimum Gasteiger partial charge on any atom is -0.351 e. The van der Waals surface area contributed by atoms with E-state index in [1.807, 2.05) is 35.7 Å².